The average Bonchev–Trinajstić information content (AvgIpc) is 3.02. The Hall–Kier alpha value is -3.86. The standard InChI is InChI=1S/C27H26N2O3/c1-4-16-32-23-11-6-5-10-22(23)29-26(30)24(20-14-12-18(2)13-15-20)25(27(29)31)28-21-9-7-8-19(3)17-21/h5-15,17,28H,4,16H2,1-3H3. The third-order valence-electron chi connectivity index (χ3n) is 5.28. The molecule has 0 spiro atoms. The number of carbonyl (C=O) groups excluding carboxylic acids is 2. The van der Waals surface area contributed by atoms with E-state index in [2.05, 4.69) is 5.32 Å². The monoisotopic (exact) mass is 426 g/mol. The first kappa shape index (κ1) is 21.4. The van der Waals surface area contributed by atoms with Gasteiger partial charge in [-0.25, -0.2) is 4.90 Å². The number of hydrogen-bond donors (Lipinski definition) is 1. The van der Waals surface area contributed by atoms with Crippen molar-refractivity contribution in [1.82, 2.24) is 0 Å². The summed E-state index contributed by atoms with van der Waals surface area (Å²) in [6.45, 7) is 6.48. The number of nitrogens with zero attached hydrogens (tertiary/aromatic N) is 1. The van der Waals surface area contributed by atoms with Crippen LogP contribution in [0.3, 0.4) is 0 Å². The van der Waals surface area contributed by atoms with Gasteiger partial charge >= 0.3 is 0 Å². The summed E-state index contributed by atoms with van der Waals surface area (Å²) in [6, 6.07) is 22.5. The van der Waals surface area contributed by atoms with Gasteiger partial charge in [-0.2, -0.15) is 0 Å². The number of anilines is 2. The molecule has 1 aliphatic heterocycles. The van der Waals surface area contributed by atoms with Crippen molar-refractivity contribution in [3.05, 3.63) is 95.2 Å². The number of hydrogen-bond acceptors (Lipinski definition) is 4. The molecular weight excluding hydrogens is 400 g/mol. The number of amides is 2. The number of imide groups is 1. The lowest BCUT2D eigenvalue weighted by molar-refractivity contribution is -0.120. The van der Waals surface area contributed by atoms with Gasteiger partial charge in [-0.05, 0) is 55.7 Å². The normalized spacial score (nSPS) is 13.7. The number of para-hydroxylation sites is 2. The number of nitrogens with one attached hydrogen (secondary N) is 1. The zero-order valence-electron chi connectivity index (χ0n) is 18.5. The van der Waals surface area contributed by atoms with Crippen LogP contribution < -0.4 is 15.0 Å². The Labute approximate surface area is 188 Å². The van der Waals surface area contributed by atoms with E-state index in [0.717, 1.165) is 23.2 Å². The Balaban J connectivity index is 1.81. The second-order valence-corrected chi connectivity index (χ2v) is 7.87. The molecule has 1 N–H and O–H groups in total. The summed E-state index contributed by atoms with van der Waals surface area (Å²) in [6.07, 6.45) is 0.823. The van der Waals surface area contributed by atoms with Gasteiger partial charge in [-0.15, -0.1) is 0 Å². The van der Waals surface area contributed by atoms with E-state index in [1.54, 1.807) is 18.2 Å². The molecule has 0 bridgehead atoms. The van der Waals surface area contributed by atoms with Gasteiger partial charge < -0.3 is 10.1 Å². The highest BCUT2D eigenvalue weighted by molar-refractivity contribution is 6.46. The zero-order chi connectivity index (χ0) is 22.7. The van der Waals surface area contributed by atoms with Gasteiger partial charge in [0.15, 0.2) is 0 Å². The molecule has 0 saturated carbocycles. The Morgan fingerprint density at radius 3 is 2.31 bits per heavy atom. The summed E-state index contributed by atoms with van der Waals surface area (Å²) in [4.78, 5) is 28.5. The van der Waals surface area contributed by atoms with Crippen molar-refractivity contribution in [3.63, 3.8) is 0 Å². The number of benzene rings is 3. The van der Waals surface area contributed by atoms with Crippen LogP contribution in [0.4, 0.5) is 11.4 Å². The van der Waals surface area contributed by atoms with Crippen LogP contribution in [-0.2, 0) is 9.59 Å². The Kier molecular flexibility index (Phi) is 6.08. The quantitative estimate of drug-likeness (QED) is 0.508. The van der Waals surface area contributed by atoms with Crippen molar-refractivity contribution in [1.29, 1.82) is 0 Å². The van der Waals surface area contributed by atoms with Crippen LogP contribution in [0.5, 0.6) is 5.75 Å². The second kappa shape index (κ2) is 9.10. The maximum Gasteiger partial charge on any atom is 0.282 e. The number of carbonyl (C=O) groups is 2. The maximum atomic E-state index is 13.6. The van der Waals surface area contributed by atoms with Crippen LogP contribution in [0, 0.1) is 13.8 Å². The molecule has 5 nitrogen and oxygen atoms in total. The van der Waals surface area contributed by atoms with Crippen molar-refractivity contribution in [2.24, 2.45) is 0 Å². The minimum Gasteiger partial charge on any atom is -0.491 e. The van der Waals surface area contributed by atoms with E-state index in [0.29, 0.717) is 29.2 Å². The van der Waals surface area contributed by atoms with E-state index in [-0.39, 0.29) is 11.6 Å². The minimum atomic E-state index is -0.403. The van der Waals surface area contributed by atoms with Gasteiger partial charge in [0.05, 0.1) is 17.9 Å². The van der Waals surface area contributed by atoms with Crippen molar-refractivity contribution < 1.29 is 14.3 Å². The van der Waals surface area contributed by atoms with Gasteiger partial charge in [0.2, 0.25) is 0 Å². The molecule has 4 rings (SSSR count). The molecule has 3 aromatic rings. The van der Waals surface area contributed by atoms with Gasteiger partial charge in [-0.1, -0.05) is 61.0 Å². The molecule has 0 unspecified atom stereocenters. The van der Waals surface area contributed by atoms with Crippen LogP contribution in [0.2, 0.25) is 0 Å². The Morgan fingerprint density at radius 2 is 1.59 bits per heavy atom. The van der Waals surface area contributed by atoms with Crippen LogP contribution in [0.25, 0.3) is 5.57 Å². The van der Waals surface area contributed by atoms with E-state index in [1.807, 2.05) is 75.4 Å². The summed E-state index contributed by atoms with van der Waals surface area (Å²) in [7, 11) is 0. The number of aryl methyl sites for hydroxylation is 2. The first-order chi connectivity index (χ1) is 15.5. The van der Waals surface area contributed by atoms with E-state index in [4.69, 9.17) is 4.74 Å². The van der Waals surface area contributed by atoms with E-state index in [1.165, 1.54) is 4.90 Å². The lowest BCUT2D eigenvalue weighted by Gasteiger charge is -2.19. The number of ether oxygens (including phenoxy) is 1. The second-order valence-electron chi connectivity index (χ2n) is 7.87. The smallest absolute Gasteiger partial charge is 0.282 e. The third kappa shape index (κ3) is 4.14. The molecule has 0 fully saturated rings. The van der Waals surface area contributed by atoms with Crippen LogP contribution >= 0.6 is 0 Å². The van der Waals surface area contributed by atoms with Gasteiger partial charge in [0.25, 0.3) is 11.8 Å². The van der Waals surface area contributed by atoms with Crippen molar-refractivity contribution in [2.45, 2.75) is 27.2 Å². The minimum absolute atomic E-state index is 0.259. The maximum absolute atomic E-state index is 13.6. The highest BCUT2D eigenvalue weighted by Gasteiger charge is 2.41. The van der Waals surface area contributed by atoms with E-state index in [9.17, 15) is 9.59 Å². The summed E-state index contributed by atoms with van der Waals surface area (Å²) in [5.41, 5.74) is 4.63. The number of rotatable bonds is 7. The van der Waals surface area contributed by atoms with Crippen molar-refractivity contribution >= 4 is 28.8 Å². The molecule has 0 atom stereocenters. The Morgan fingerprint density at radius 1 is 0.844 bits per heavy atom. The molecule has 2 amide bonds. The highest BCUT2D eigenvalue weighted by atomic mass is 16.5. The zero-order valence-corrected chi connectivity index (χ0v) is 18.5. The van der Waals surface area contributed by atoms with Gasteiger partial charge in [0.1, 0.15) is 11.4 Å². The van der Waals surface area contributed by atoms with Crippen LogP contribution in [0.15, 0.2) is 78.5 Å². The Bertz CT molecular complexity index is 1200. The molecule has 3 aromatic carbocycles. The third-order valence-corrected chi connectivity index (χ3v) is 5.28. The first-order valence-electron chi connectivity index (χ1n) is 10.7. The van der Waals surface area contributed by atoms with Crippen LogP contribution in [-0.4, -0.2) is 18.4 Å². The fourth-order valence-electron chi connectivity index (χ4n) is 3.70. The SMILES string of the molecule is CCCOc1ccccc1N1C(=O)C(Nc2cccc(C)c2)=C(c2ccc(C)cc2)C1=O. The van der Waals surface area contributed by atoms with Crippen LogP contribution in [0.1, 0.15) is 30.0 Å². The molecule has 5 heteroatoms. The molecule has 1 heterocycles. The lowest BCUT2D eigenvalue weighted by atomic mass is 10.0. The van der Waals surface area contributed by atoms with E-state index < -0.39 is 5.91 Å². The van der Waals surface area contributed by atoms with Crippen molar-refractivity contribution in [3.8, 4) is 5.75 Å². The summed E-state index contributed by atoms with van der Waals surface area (Å²) < 4.78 is 5.84. The fraction of sp³-hybridized carbons (Fsp3) is 0.185. The predicted molar refractivity (Wildman–Crippen MR) is 128 cm³/mol. The largest absolute Gasteiger partial charge is 0.491 e. The molecule has 32 heavy (non-hydrogen) atoms. The van der Waals surface area contributed by atoms with Crippen molar-refractivity contribution in [2.75, 3.05) is 16.8 Å². The highest BCUT2D eigenvalue weighted by Crippen LogP contribution is 2.38. The topological polar surface area (TPSA) is 58.6 Å². The summed E-state index contributed by atoms with van der Waals surface area (Å²) in [5, 5.41) is 3.21. The first-order valence-corrected chi connectivity index (χ1v) is 10.7. The molecule has 0 aromatic heterocycles. The van der Waals surface area contributed by atoms with Gasteiger partial charge in [-0.3, -0.25) is 9.59 Å². The van der Waals surface area contributed by atoms with Gasteiger partial charge in [0, 0.05) is 5.69 Å². The molecule has 0 radical (unpaired) electrons. The predicted octanol–water partition coefficient (Wildman–Crippen LogP) is 5.49. The molecule has 0 aliphatic carbocycles. The molecule has 1 aliphatic rings. The molecular formula is C27H26N2O3. The summed E-state index contributed by atoms with van der Waals surface area (Å²) >= 11 is 0. The summed E-state index contributed by atoms with van der Waals surface area (Å²) in [5.74, 6) is -0.266. The van der Waals surface area contributed by atoms with E-state index >= 15 is 0 Å². The lowest BCUT2D eigenvalue weighted by Crippen LogP contribution is -2.32. The fourth-order valence-corrected chi connectivity index (χ4v) is 3.70. The molecule has 0 saturated heterocycles. The average molecular weight is 427 g/mol. The molecule has 162 valence electrons.